The molecule has 0 saturated heterocycles. The van der Waals surface area contributed by atoms with Crippen molar-refractivity contribution in [3.8, 4) is 0 Å². The normalized spacial score (nSPS) is 10.6. The van der Waals surface area contributed by atoms with E-state index < -0.39 is 11.2 Å². The Morgan fingerprint density at radius 1 is 1.10 bits per heavy atom. The summed E-state index contributed by atoms with van der Waals surface area (Å²) in [5, 5.41) is 0. The smallest absolute Gasteiger partial charge is 0.300 e. The number of Topliss-reactive ketones (excluding diaryl/α,β-unsaturated/α-hetero) is 1. The summed E-state index contributed by atoms with van der Waals surface area (Å²) in [6.45, 7) is 4.17. The third-order valence-electron chi connectivity index (χ3n) is 3.28. The van der Waals surface area contributed by atoms with Crippen LogP contribution in [0.2, 0.25) is 0 Å². The number of carbonyl (C=O) groups excluding carboxylic acids is 1. The molecule has 0 atom stereocenters. The maximum Gasteiger partial charge on any atom is 0.331 e. The minimum atomic E-state index is -0.451. The Morgan fingerprint density at radius 2 is 1.76 bits per heavy atom. The van der Waals surface area contributed by atoms with Gasteiger partial charge in [0.05, 0.1) is 6.54 Å². The maximum absolute atomic E-state index is 12.2. The van der Waals surface area contributed by atoms with E-state index >= 15 is 0 Å². The quantitative estimate of drug-likeness (QED) is 0.785. The molecule has 0 radical (unpaired) electrons. The Bertz CT molecular complexity index is 754. The standard InChI is InChI=1S/C16H18N2O3/c1-3-9-17-10-8-15(20)18(16(17)21)11-14(19)13-6-4-12(2)5-7-13/h4-8,10H,3,9,11H2,1-2H3. The molecule has 5 nitrogen and oxygen atoms in total. The molecule has 0 fully saturated rings. The predicted octanol–water partition coefficient (Wildman–Crippen LogP) is 1.61. The lowest BCUT2D eigenvalue weighted by molar-refractivity contribution is 0.0968. The van der Waals surface area contributed by atoms with Crippen molar-refractivity contribution >= 4 is 5.78 Å². The van der Waals surface area contributed by atoms with Crippen molar-refractivity contribution in [2.45, 2.75) is 33.4 Å². The van der Waals surface area contributed by atoms with Gasteiger partial charge in [-0.1, -0.05) is 36.8 Å². The second kappa shape index (κ2) is 6.35. The molecule has 1 aromatic carbocycles. The first-order valence-electron chi connectivity index (χ1n) is 6.93. The molecule has 2 rings (SSSR count). The maximum atomic E-state index is 12.2. The minimum Gasteiger partial charge on any atom is -0.300 e. The second-order valence-electron chi connectivity index (χ2n) is 5.01. The van der Waals surface area contributed by atoms with Gasteiger partial charge in [-0.15, -0.1) is 0 Å². The molecule has 5 heteroatoms. The second-order valence-corrected chi connectivity index (χ2v) is 5.01. The number of benzene rings is 1. The molecule has 0 aliphatic carbocycles. The van der Waals surface area contributed by atoms with Crippen molar-refractivity contribution in [2.24, 2.45) is 0 Å². The van der Waals surface area contributed by atoms with Gasteiger partial charge >= 0.3 is 5.69 Å². The molecule has 0 N–H and O–H groups in total. The van der Waals surface area contributed by atoms with Crippen molar-refractivity contribution in [1.82, 2.24) is 9.13 Å². The van der Waals surface area contributed by atoms with E-state index in [-0.39, 0.29) is 12.3 Å². The molecule has 0 aliphatic rings. The molecule has 0 bridgehead atoms. The van der Waals surface area contributed by atoms with Crippen LogP contribution in [0.15, 0.2) is 46.1 Å². The van der Waals surface area contributed by atoms with Crippen LogP contribution in [-0.4, -0.2) is 14.9 Å². The third-order valence-corrected chi connectivity index (χ3v) is 3.28. The van der Waals surface area contributed by atoms with E-state index in [0.717, 1.165) is 16.6 Å². The van der Waals surface area contributed by atoms with Gasteiger partial charge in [0.25, 0.3) is 5.56 Å². The van der Waals surface area contributed by atoms with E-state index in [4.69, 9.17) is 0 Å². The number of nitrogens with zero attached hydrogens (tertiary/aromatic N) is 2. The highest BCUT2D eigenvalue weighted by Gasteiger charge is 2.11. The highest BCUT2D eigenvalue weighted by molar-refractivity contribution is 5.95. The number of carbonyl (C=O) groups is 1. The Balaban J connectivity index is 2.33. The van der Waals surface area contributed by atoms with E-state index in [1.807, 2.05) is 26.0 Å². The zero-order valence-electron chi connectivity index (χ0n) is 12.2. The molecule has 0 unspecified atom stereocenters. The van der Waals surface area contributed by atoms with Gasteiger partial charge in [-0.2, -0.15) is 0 Å². The number of aromatic nitrogens is 2. The van der Waals surface area contributed by atoms with Gasteiger partial charge in [-0.05, 0) is 13.3 Å². The first kappa shape index (κ1) is 15.0. The van der Waals surface area contributed by atoms with Crippen molar-refractivity contribution in [1.29, 1.82) is 0 Å². The summed E-state index contributed by atoms with van der Waals surface area (Å²) in [6, 6.07) is 8.39. The Morgan fingerprint density at radius 3 is 2.38 bits per heavy atom. The lowest BCUT2D eigenvalue weighted by atomic mass is 10.1. The summed E-state index contributed by atoms with van der Waals surface area (Å²) in [5.74, 6) is -0.247. The van der Waals surface area contributed by atoms with Gasteiger partial charge in [-0.25, -0.2) is 4.79 Å². The fraction of sp³-hybridized carbons (Fsp3) is 0.312. The molecule has 1 heterocycles. The summed E-state index contributed by atoms with van der Waals surface area (Å²) in [7, 11) is 0. The van der Waals surface area contributed by atoms with Gasteiger partial charge in [0, 0.05) is 24.4 Å². The average Bonchev–Trinajstić information content (AvgIpc) is 2.47. The van der Waals surface area contributed by atoms with Crippen LogP contribution in [0.4, 0.5) is 0 Å². The summed E-state index contributed by atoms with van der Waals surface area (Å²) in [5.41, 5.74) is 0.657. The third kappa shape index (κ3) is 3.37. The molecule has 0 aliphatic heterocycles. The van der Waals surface area contributed by atoms with Crippen LogP contribution in [0.25, 0.3) is 0 Å². The molecule has 2 aromatic rings. The lowest BCUT2D eigenvalue weighted by Gasteiger charge is -2.08. The summed E-state index contributed by atoms with van der Waals surface area (Å²) in [4.78, 5) is 36.2. The molecular formula is C16H18N2O3. The molecule has 0 amide bonds. The SMILES string of the molecule is CCCn1ccc(=O)n(CC(=O)c2ccc(C)cc2)c1=O. The molecule has 1 aromatic heterocycles. The summed E-state index contributed by atoms with van der Waals surface area (Å²) >= 11 is 0. The van der Waals surface area contributed by atoms with Crippen LogP contribution in [0.1, 0.15) is 29.3 Å². The largest absolute Gasteiger partial charge is 0.331 e. The molecule has 0 saturated carbocycles. The Labute approximate surface area is 122 Å². The number of hydrogen-bond donors (Lipinski definition) is 0. The van der Waals surface area contributed by atoms with Gasteiger partial charge < -0.3 is 4.57 Å². The number of aryl methyl sites for hydroxylation is 2. The first-order valence-corrected chi connectivity index (χ1v) is 6.93. The van der Waals surface area contributed by atoms with Crippen LogP contribution < -0.4 is 11.2 Å². The topological polar surface area (TPSA) is 61.1 Å². The zero-order valence-corrected chi connectivity index (χ0v) is 12.2. The monoisotopic (exact) mass is 286 g/mol. The highest BCUT2D eigenvalue weighted by atomic mass is 16.2. The zero-order chi connectivity index (χ0) is 15.4. The van der Waals surface area contributed by atoms with Crippen LogP contribution in [0.3, 0.4) is 0 Å². The van der Waals surface area contributed by atoms with Crippen LogP contribution in [0, 0.1) is 6.92 Å². The first-order chi connectivity index (χ1) is 10.0. The van der Waals surface area contributed by atoms with Crippen LogP contribution in [0.5, 0.6) is 0 Å². The van der Waals surface area contributed by atoms with E-state index in [9.17, 15) is 14.4 Å². The van der Waals surface area contributed by atoms with E-state index in [1.165, 1.54) is 16.8 Å². The van der Waals surface area contributed by atoms with Gasteiger partial charge in [-0.3, -0.25) is 14.2 Å². The van der Waals surface area contributed by atoms with E-state index in [1.54, 1.807) is 12.1 Å². The average molecular weight is 286 g/mol. The molecule has 21 heavy (non-hydrogen) atoms. The fourth-order valence-electron chi connectivity index (χ4n) is 2.09. The van der Waals surface area contributed by atoms with Gasteiger partial charge in [0.2, 0.25) is 0 Å². The summed E-state index contributed by atoms with van der Waals surface area (Å²) < 4.78 is 2.43. The Kier molecular flexibility index (Phi) is 4.52. The number of rotatable bonds is 5. The highest BCUT2D eigenvalue weighted by Crippen LogP contribution is 2.04. The van der Waals surface area contributed by atoms with Crippen molar-refractivity contribution < 1.29 is 4.79 Å². The summed E-state index contributed by atoms with van der Waals surface area (Å²) in [6.07, 6.45) is 2.25. The van der Waals surface area contributed by atoms with Crippen molar-refractivity contribution in [3.63, 3.8) is 0 Å². The molecule has 110 valence electrons. The van der Waals surface area contributed by atoms with Gasteiger partial charge in [0.1, 0.15) is 0 Å². The number of hydrogen-bond acceptors (Lipinski definition) is 3. The van der Waals surface area contributed by atoms with Crippen molar-refractivity contribution in [3.05, 3.63) is 68.5 Å². The van der Waals surface area contributed by atoms with Crippen molar-refractivity contribution in [2.75, 3.05) is 0 Å². The van der Waals surface area contributed by atoms with E-state index in [0.29, 0.717) is 12.1 Å². The predicted molar refractivity (Wildman–Crippen MR) is 80.8 cm³/mol. The van der Waals surface area contributed by atoms with Crippen LogP contribution in [-0.2, 0) is 13.1 Å². The molecular weight excluding hydrogens is 268 g/mol. The Hall–Kier alpha value is -2.43. The molecule has 0 spiro atoms. The fourth-order valence-corrected chi connectivity index (χ4v) is 2.09. The lowest BCUT2D eigenvalue weighted by Crippen LogP contribution is -2.40. The number of ketones is 1. The van der Waals surface area contributed by atoms with Gasteiger partial charge in [0.15, 0.2) is 5.78 Å². The minimum absolute atomic E-state index is 0.231. The van der Waals surface area contributed by atoms with E-state index in [2.05, 4.69) is 0 Å². The van der Waals surface area contributed by atoms with Crippen LogP contribution >= 0.6 is 0 Å².